The third kappa shape index (κ3) is 13.8. The molecule has 0 aromatic heterocycles. The molecule has 6 heteroatoms. The van der Waals surface area contributed by atoms with E-state index in [4.69, 9.17) is 14.6 Å². The molecular formula is C9H21NO4S. The Bertz CT molecular complexity index is 238. The Morgan fingerprint density at radius 2 is 1.60 bits per heavy atom. The van der Waals surface area contributed by atoms with Crippen molar-refractivity contribution in [1.82, 2.24) is 0 Å². The van der Waals surface area contributed by atoms with Gasteiger partial charge < -0.3 is 9.47 Å². The summed E-state index contributed by atoms with van der Waals surface area (Å²) >= 11 is 0. The zero-order valence-electron chi connectivity index (χ0n) is 9.44. The molecule has 0 bridgehead atoms. The van der Waals surface area contributed by atoms with E-state index in [0.29, 0.717) is 19.1 Å². The van der Waals surface area contributed by atoms with Gasteiger partial charge in [0.1, 0.15) is 0 Å². The molecule has 0 saturated carbocycles. The van der Waals surface area contributed by atoms with Gasteiger partial charge >= 0.3 is 0 Å². The van der Waals surface area contributed by atoms with Gasteiger partial charge in [0, 0.05) is 6.61 Å². The minimum Gasteiger partial charge on any atom is -0.379 e. The van der Waals surface area contributed by atoms with E-state index in [9.17, 15) is 8.42 Å². The first-order valence-corrected chi connectivity index (χ1v) is 6.79. The van der Waals surface area contributed by atoms with Gasteiger partial charge in [-0.2, -0.15) is 0 Å². The Morgan fingerprint density at radius 1 is 1.07 bits per heavy atom. The minimum atomic E-state index is -3.40. The van der Waals surface area contributed by atoms with E-state index in [2.05, 4.69) is 13.8 Å². The second-order valence-corrected chi connectivity index (χ2v) is 5.51. The van der Waals surface area contributed by atoms with E-state index in [0.717, 1.165) is 13.0 Å². The lowest BCUT2D eigenvalue weighted by molar-refractivity contribution is 0.0494. The lowest BCUT2D eigenvalue weighted by Crippen LogP contribution is -2.21. The van der Waals surface area contributed by atoms with E-state index in [1.54, 1.807) is 0 Å². The molecule has 0 fully saturated rings. The molecule has 5 nitrogen and oxygen atoms in total. The van der Waals surface area contributed by atoms with Crippen molar-refractivity contribution in [2.24, 2.45) is 11.1 Å². The third-order valence-corrected chi connectivity index (χ3v) is 2.46. The van der Waals surface area contributed by atoms with Crippen molar-refractivity contribution in [3.05, 3.63) is 0 Å². The fourth-order valence-electron chi connectivity index (χ4n) is 0.816. The average molecular weight is 239 g/mol. The lowest BCUT2D eigenvalue weighted by Gasteiger charge is -2.06. The Balaban J connectivity index is 3.12. The van der Waals surface area contributed by atoms with E-state index < -0.39 is 10.0 Å². The molecule has 0 amide bonds. The first-order chi connectivity index (χ1) is 6.92. The zero-order chi connectivity index (χ0) is 11.7. The van der Waals surface area contributed by atoms with Crippen LogP contribution in [0.4, 0.5) is 0 Å². The van der Waals surface area contributed by atoms with Gasteiger partial charge in [-0.25, -0.2) is 13.6 Å². The quantitative estimate of drug-likeness (QED) is 0.589. The molecule has 15 heavy (non-hydrogen) atoms. The molecule has 0 aromatic rings. The van der Waals surface area contributed by atoms with Gasteiger partial charge in [-0.15, -0.1) is 0 Å². The first kappa shape index (κ1) is 14.8. The van der Waals surface area contributed by atoms with E-state index in [1.165, 1.54) is 0 Å². The van der Waals surface area contributed by atoms with Crippen molar-refractivity contribution in [2.75, 3.05) is 32.2 Å². The van der Waals surface area contributed by atoms with Crippen LogP contribution >= 0.6 is 0 Å². The fourth-order valence-corrected chi connectivity index (χ4v) is 1.17. The summed E-state index contributed by atoms with van der Waals surface area (Å²) in [5, 5.41) is 4.79. The van der Waals surface area contributed by atoms with Gasteiger partial charge in [0.15, 0.2) is 0 Å². The van der Waals surface area contributed by atoms with Crippen LogP contribution in [-0.4, -0.2) is 40.6 Å². The van der Waals surface area contributed by atoms with Crippen LogP contribution in [0.2, 0.25) is 0 Å². The lowest BCUT2D eigenvalue weighted by atomic mass is 10.1. The predicted octanol–water partition coefficient (Wildman–Crippen LogP) is 0.354. The van der Waals surface area contributed by atoms with Crippen molar-refractivity contribution < 1.29 is 17.9 Å². The van der Waals surface area contributed by atoms with Crippen LogP contribution in [0.25, 0.3) is 0 Å². The molecule has 0 aliphatic carbocycles. The van der Waals surface area contributed by atoms with Crippen molar-refractivity contribution >= 4 is 10.0 Å². The van der Waals surface area contributed by atoms with Crippen LogP contribution in [0.15, 0.2) is 0 Å². The monoisotopic (exact) mass is 239 g/mol. The Hall–Kier alpha value is -0.170. The minimum absolute atomic E-state index is 0.131. The maximum Gasteiger partial charge on any atom is 0.211 e. The molecule has 0 saturated heterocycles. The molecule has 0 aliphatic heterocycles. The van der Waals surface area contributed by atoms with Crippen LogP contribution in [0.3, 0.4) is 0 Å². The smallest absolute Gasteiger partial charge is 0.211 e. The van der Waals surface area contributed by atoms with Crippen LogP contribution in [0.5, 0.6) is 0 Å². The third-order valence-electron chi connectivity index (χ3n) is 1.72. The second-order valence-electron chi connectivity index (χ2n) is 3.77. The summed E-state index contributed by atoms with van der Waals surface area (Å²) in [6.45, 7) is 6.02. The molecule has 2 N–H and O–H groups in total. The maximum atomic E-state index is 10.5. The summed E-state index contributed by atoms with van der Waals surface area (Å²) in [5.41, 5.74) is 0. The Labute approximate surface area is 92.0 Å². The molecule has 0 heterocycles. The van der Waals surface area contributed by atoms with Gasteiger partial charge in [0.2, 0.25) is 10.0 Å². The van der Waals surface area contributed by atoms with E-state index in [-0.39, 0.29) is 12.4 Å². The fraction of sp³-hybridized carbons (Fsp3) is 1.00. The molecule has 0 spiro atoms. The number of hydrogen-bond donors (Lipinski definition) is 1. The summed E-state index contributed by atoms with van der Waals surface area (Å²) in [4.78, 5) is 0. The molecule has 0 aromatic carbocycles. The van der Waals surface area contributed by atoms with Crippen LogP contribution in [0, 0.1) is 5.92 Å². The number of hydrogen-bond acceptors (Lipinski definition) is 4. The SMILES string of the molecule is CC(C)CCOCCOCCS(N)(=O)=O. The largest absolute Gasteiger partial charge is 0.379 e. The number of rotatable bonds is 9. The van der Waals surface area contributed by atoms with Gasteiger partial charge in [0.05, 0.1) is 25.6 Å². The molecular weight excluding hydrogens is 218 g/mol. The molecule has 92 valence electrons. The van der Waals surface area contributed by atoms with Crippen molar-refractivity contribution in [3.63, 3.8) is 0 Å². The highest BCUT2D eigenvalue weighted by Crippen LogP contribution is 1.98. The standard InChI is InChI=1S/C9H21NO4S/c1-9(2)3-4-13-5-6-14-7-8-15(10,11)12/h9H,3-8H2,1-2H3,(H2,10,11,12). The van der Waals surface area contributed by atoms with Crippen LogP contribution in [-0.2, 0) is 19.5 Å². The number of nitrogens with two attached hydrogens (primary N) is 1. The van der Waals surface area contributed by atoms with Crippen LogP contribution < -0.4 is 5.14 Å². The van der Waals surface area contributed by atoms with Crippen LogP contribution in [0.1, 0.15) is 20.3 Å². The molecule has 0 aliphatic rings. The molecule has 0 atom stereocenters. The van der Waals surface area contributed by atoms with Gasteiger partial charge in [-0.1, -0.05) is 13.8 Å². The topological polar surface area (TPSA) is 78.6 Å². The highest BCUT2D eigenvalue weighted by molar-refractivity contribution is 7.89. The van der Waals surface area contributed by atoms with E-state index >= 15 is 0 Å². The Kier molecular flexibility index (Phi) is 7.95. The van der Waals surface area contributed by atoms with Crippen molar-refractivity contribution in [2.45, 2.75) is 20.3 Å². The molecule has 0 rings (SSSR count). The summed E-state index contributed by atoms with van der Waals surface area (Å²) in [5.74, 6) is 0.493. The summed E-state index contributed by atoms with van der Waals surface area (Å²) in [7, 11) is -3.40. The van der Waals surface area contributed by atoms with E-state index in [1.807, 2.05) is 0 Å². The van der Waals surface area contributed by atoms with Gasteiger partial charge in [0.25, 0.3) is 0 Å². The van der Waals surface area contributed by atoms with Gasteiger partial charge in [-0.05, 0) is 12.3 Å². The highest BCUT2D eigenvalue weighted by atomic mass is 32.2. The molecule has 0 radical (unpaired) electrons. The summed E-state index contributed by atoms with van der Waals surface area (Å²) < 4.78 is 31.3. The number of primary sulfonamides is 1. The average Bonchev–Trinajstić information content (AvgIpc) is 2.07. The zero-order valence-corrected chi connectivity index (χ0v) is 10.3. The summed E-state index contributed by atoms with van der Waals surface area (Å²) in [6, 6.07) is 0. The Morgan fingerprint density at radius 3 is 2.07 bits per heavy atom. The number of ether oxygens (including phenoxy) is 2. The van der Waals surface area contributed by atoms with Gasteiger partial charge in [-0.3, -0.25) is 0 Å². The first-order valence-electron chi connectivity index (χ1n) is 5.08. The predicted molar refractivity (Wildman–Crippen MR) is 59.1 cm³/mol. The second kappa shape index (κ2) is 8.04. The normalized spacial score (nSPS) is 12.3. The summed E-state index contributed by atoms with van der Waals surface area (Å²) in [6.07, 6.45) is 1.02. The van der Waals surface area contributed by atoms with Crippen molar-refractivity contribution in [1.29, 1.82) is 0 Å². The number of sulfonamides is 1. The highest BCUT2D eigenvalue weighted by Gasteiger charge is 2.01. The molecule has 0 unspecified atom stereocenters. The van der Waals surface area contributed by atoms with Crippen molar-refractivity contribution in [3.8, 4) is 0 Å². The maximum absolute atomic E-state index is 10.5.